The van der Waals surface area contributed by atoms with Crippen LogP contribution in [0, 0.1) is 0 Å². The van der Waals surface area contributed by atoms with Gasteiger partial charge < -0.3 is 15.1 Å². The molecular weight excluding hydrogens is 292 g/mol. The second kappa shape index (κ2) is 12.3. The number of hydrogen-bond acceptors (Lipinski definition) is 4. The SMILES string of the molecule is CCCCCCCCCCCC1CN(CCO)C(CC(=O)O)=N1. The van der Waals surface area contributed by atoms with E-state index >= 15 is 0 Å². The summed E-state index contributed by atoms with van der Waals surface area (Å²) in [6.45, 7) is 3.54. The molecule has 0 bridgehead atoms. The van der Waals surface area contributed by atoms with Crippen LogP contribution in [-0.2, 0) is 4.79 Å². The summed E-state index contributed by atoms with van der Waals surface area (Å²) in [4.78, 5) is 17.3. The minimum Gasteiger partial charge on any atom is -0.481 e. The maximum absolute atomic E-state index is 10.9. The number of carboxylic acids is 1. The molecule has 0 aromatic heterocycles. The minimum atomic E-state index is -0.851. The number of rotatable bonds is 14. The van der Waals surface area contributed by atoms with E-state index in [4.69, 9.17) is 10.2 Å². The van der Waals surface area contributed by atoms with Gasteiger partial charge in [-0.25, -0.2) is 0 Å². The molecule has 1 rings (SSSR count). The normalized spacial score (nSPS) is 17.6. The maximum atomic E-state index is 10.9. The number of hydrogen-bond donors (Lipinski definition) is 2. The third-order valence-electron chi connectivity index (χ3n) is 4.45. The highest BCUT2D eigenvalue weighted by molar-refractivity contribution is 5.97. The quantitative estimate of drug-likeness (QED) is 0.479. The summed E-state index contributed by atoms with van der Waals surface area (Å²) < 4.78 is 0. The molecule has 23 heavy (non-hydrogen) atoms. The van der Waals surface area contributed by atoms with E-state index in [1.54, 1.807) is 0 Å². The number of carboxylic acid groups (broad SMARTS) is 1. The van der Waals surface area contributed by atoms with Crippen molar-refractivity contribution in [2.45, 2.75) is 83.6 Å². The van der Waals surface area contributed by atoms with Crippen LogP contribution in [0.25, 0.3) is 0 Å². The number of aliphatic imine (C=N–C) groups is 1. The molecule has 5 heteroatoms. The molecule has 0 aromatic rings. The molecule has 0 saturated carbocycles. The lowest BCUT2D eigenvalue weighted by molar-refractivity contribution is -0.135. The van der Waals surface area contributed by atoms with Crippen molar-refractivity contribution < 1.29 is 15.0 Å². The third kappa shape index (κ3) is 8.94. The van der Waals surface area contributed by atoms with Crippen LogP contribution in [0.3, 0.4) is 0 Å². The molecule has 1 aliphatic heterocycles. The van der Waals surface area contributed by atoms with Gasteiger partial charge in [-0.05, 0) is 6.42 Å². The van der Waals surface area contributed by atoms with Crippen molar-refractivity contribution in [2.24, 2.45) is 4.99 Å². The average molecular weight is 326 g/mol. The molecule has 1 aliphatic rings. The molecule has 1 heterocycles. The molecule has 0 radical (unpaired) electrons. The van der Waals surface area contributed by atoms with Gasteiger partial charge in [-0.3, -0.25) is 9.79 Å². The fourth-order valence-corrected chi connectivity index (χ4v) is 3.17. The van der Waals surface area contributed by atoms with Crippen LogP contribution in [0.1, 0.15) is 77.6 Å². The Balaban J connectivity index is 2.12. The highest BCUT2D eigenvalue weighted by Crippen LogP contribution is 2.18. The van der Waals surface area contributed by atoms with Crippen molar-refractivity contribution in [2.75, 3.05) is 19.7 Å². The number of aliphatic hydroxyl groups excluding tert-OH is 1. The topological polar surface area (TPSA) is 73.1 Å². The van der Waals surface area contributed by atoms with Crippen molar-refractivity contribution in [3.05, 3.63) is 0 Å². The first-order valence-corrected chi connectivity index (χ1v) is 9.31. The Morgan fingerprint density at radius 1 is 1.13 bits per heavy atom. The number of β-amino-alcohol motifs (C(OH)–C–C–N with tert-alkyl or cyclic N) is 1. The van der Waals surface area contributed by atoms with E-state index in [-0.39, 0.29) is 19.1 Å². The number of carbonyl (C=O) groups is 1. The summed E-state index contributed by atoms with van der Waals surface area (Å²) in [5.74, 6) is -0.220. The van der Waals surface area contributed by atoms with E-state index < -0.39 is 5.97 Å². The molecule has 1 unspecified atom stereocenters. The Hall–Kier alpha value is -1.10. The summed E-state index contributed by atoms with van der Waals surface area (Å²) >= 11 is 0. The summed E-state index contributed by atoms with van der Waals surface area (Å²) in [7, 11) is 0. The van der Waals surface area contributed by atoms with Gasteiger partial charge in [-0.2, -0.15) is 0 Å². The first-order chi connectivity index (χ1) is 11.2. The van der Waals surface area contributed by atoms with Crippen LogP contribution in [0.15, 0.2) is 4.99 Å². The van der Waals surface area contributed by atoms with Gasteiger partial charge in [0.1, 0.15) is 12.3 Å². The standard InChI is InChI=1S/C18H34N2O3/c1-2-3-4-5-6-7-8-9-10-11-16-15-20(12-13-21)17(19-16)14-18(22)23/h16,21H,2-15H2,1H3,(H,22,23). The number of nitrogens with zero attached hydrogens (tertiary/aromatic N) is 2. The molecule has 0 spiro atoms. The number of aliphatic carboxylic acids is 1. The Morgan fingerprint density at radius 2 is 1.74 bits per heavy atom. The van der Waals surface area contributed by atoms with Crippen molar-refractivity contribution in [3.63, 3.8) is 0 Å². The minimum absolute atomic E-state index is 0.0335. The first kappa shape index (κ1) is 19.9. The molecule has 0 amide bonds. The van der Waals surface area contributed by atoms with Crippen molar-refractivity contribution >= 4 is 11.8 Å². The van der Waals surface area contributed by atoms with Crippen molar-refractivity contribution in [3.8, 4) is 0 Å². The zero-order valence-corrected chi connectivity index (χ0v) is 14.7. The Kier molecular flexibility index (Phi) is 10.7. The van der Waals surface area contributed by atoms with Gasteiger partial charge in [0.25, 0.3) is 0 Å². The van der Waals surface area contributed by atoms with Crippen LogP contribution in [0.5, 0.6) is 0 Å². The third-order valence-corrected chi connectivity index (χ3v) is 4.45. The molecule has 0 aromatic carbocycles. The van der Waals surface area contributed by atoms with Gasteiger partial charge in [-0.15, -0.1) is 0 Å². The summed E-state index contributed by atoms with van der Waals surface area (Å²) in [6, 6.07) is 0.209. The predicted molar refractivity (Wildman–Crippen MR) is 94.0 cm³/mol. The molecular formula is C18H34N2O3. The highest BCUT2D eigenvalue weighted by atomic mass is 16.4. The molecule has 0 aliphatic carbocycles. The predicted octanol–water partition coefficient (Wildman–Crippen LogP) is 3.46. The van der Waals surface area contributed by atoms with Gasteiger partial charge in [0, 0.05) is 13.1 Å². The van der Waals surface area contributed by atoms with E-state index in [1.807, 2.05) is 4.90 Å². The van der Waals surface area contributed by atoms with Crippen LogP contribution < -0.4 is 0 Å². The molecule has 5 nitrogen and oxygen atoms in total. The Labute approximate surface area is 140 Å². The average Bonchev–Trinajstić information content (AvgIpc) is 2.87. The summed E-state index contributed by atoms with van der Waals surface area (Å²) in [6.07, 6.45) is 12.8. The van der Waals surface area contributed by atoms with E-state index in [9.17, 15) is 4.79 Å². The molecule has 0 saturated heterocycles. The van der Waals surface area contributed by atoms with Gasteiger partial charge >= 0.3 is 5.97 Å². The monoisotopic (exact) mass is 326 g/mol. The first-order valence-electron chi connectivity index (χ1n) is 9.31. The zero-order chi connectivity index (χ0) is 16.9. The van der Waals surface area contributed by atoms with E-state index in [2.05, 4.69) is 11.9 Å². The van der Waals surface area contributed by atoms with Gasteiger partial charge in [-0.1, -0.05) is 64.7 Å². The van der Waals surface area contributed by atoms with Crippen LogP contribution in [-0.4, -0.2) is 52.7 Å². The second-order valence-corrected chi connectivity index (χ2v) is 6.56. The fraction of sp³-hybridized carbons (Fsp3) is 0.889. The number of aliphatic hydroxyl groups is 1. The van der Waals surface area contributed by atoms with Gasteiger partial charge in [0.05, 0.1) is 12.6 Å². The largest absolute Gasteiger partial charge is 0.481 e. The van der Waals surface area contributed by atoms with E-state index in [1.165, 1.54) is 51.4 Å². The second-order valence-electron chi connectivity index (χ2n) is 6.56. The molecule has 0 fully saturated rings. The van der Waals surface area contributed by atoms with Crippen molar-refractivity contribution in [1.29, 1.82) is 0 Å². The van der Waals surface area contributed by atoms with Crippen LogP contribution in [0.4, 0.5) is 0 Å². The molecule has 134 valence electrons. The van der Waals surface area contributed by atoms with Crippen LogP contribution >= 0.6 is 0 Å². The Bertz CT molecular complexity index is 358. The highest BCUT2D eigenvalue weighted by Gasteiger charge is 2.25. The van der Waals surface area contributed by atoms with Crippen LogP contribution in [0.2, 0.25) is 0 Å². The Morgan fingerprint density at radius 3 is 2.30 bits per heavy atom. The fourth-order valence-electron chi connectivity index (χ4n) is 3.17. The number of unbranched alkanes of at least 4 members (excludes halogenated alkanes) is 8. The smallest absolute Gasteiger partial charge is 0.310 e. The van der Waals surface area contributed by atoms with Crippen molar-refractivity contribution in [1.82, 2.24) is 4.90 Å². The lowest BCUT2D eigenvalue weighted by Gasteiger charge is -2.18. The molecule has 2 N–H and O–H groups in total. The summed E-state index contributed by atoms with van der Waals surface area (Å²) in [5, 5.41) is 18.0. The van der Waals surface area contributed by atoms with Gasteiger partial charge in [0.15, 0.2) is 0 Å². The molecule has 1 atom stereocenters. The summed E-state index contributed by atoms with van der Waals surface area (Å²) in [5.41, 5.74) is 0. The van der Waals surface area contributed by atoms with E-state index in [0.717, 1.165) is 19.4 Å². The maximum Gasteiger partial charge on any atom is 0.310 e. The lowest BCUT2D eigenvalue weighted by Crippen LogP contribution is -2.33. The lowest BCUT2D eigenvalue weighted by atomic mass is 10.0. The van der Waals surface area contributed by atoms with E-state index in [0.29, 0.717) is 12.4 Å². The zero-order valence-electron chi connectivity index (χ0n) is 14.7. The number of amidine groups is 1. The van der Waals surface area contributed by atoms with Gasteiger partial charge in [0.2, 0.25) is 0 Å².